The number of hydrogen-bond donors (Lipinski definition) is 1. The molecule has 0 atom stereocenters. The van der Waals surface area contributed by atoms with E-state index in [1.54, 1.807) is 14.1 Å². The largest absolute Gasteiger partial charge is 0.316 e. The third-order valence-electron chi connectivity index (χ3n) is 2.75. The van der Waals surface area contributed by atoms with E-state index in [9.17, 15) is 8.42 Å². The number of hydrogen-bond acceptors (Lipinski definition) is 3. The number of aryl methyl sites for hydroxylation is 1. The highest BCUT2D eigenvalue weighted by atomic mass is 32.2. The van der Waals surface area contributed by atoms with Crippen molar-refractivity contribution in [1.82, 2.24) is 9.62 Å². The smallest absolute Gasteiger partial charge is 0.214 e. The number of nitrogens with one attached hydrogen (secondary N) is 1. The predicted octanol–water partition coefficient (Wildman–Crippen LogP) is 1.10. The molecule has 0 unspecified atom stereocenters. The van der Waals surface area contributed by atoms with Crippen LogP contribution in [0.3, 0.4) is 0 Å². The molecule has 1 aromatic rings. The van der Waals surface area contributed by atoms with Crippen LogP contribution in [0.1, 0.15) is 12.0 Å². The third-order valence-corrected chi connectivity index (χ3v) is 4.59. The first-order chi connectivity index (χ1) is 8.52. The molecule has 0 saturated carbocycles. The zero-order valence-corrected chi connectivity index (χ0v) is 11.9. The van der Waals surface area contributed by atoms with Gasteiger partial charge in [-0.25, -0.2) is 12.7 Å². The van der Waals surface area contributed by atoms with Crippen molar-refractivity contribution in [2.24, 2.45) is 0 Å². The van der Waals surface area contributed by atoms with E-state index in [1.165, 1.54) is 9.87 Å². The highest BCUT2D eigenvalue weighted by Gasteiger charge is 2.11. The molecule has 5 heteroatoms. The fourth-order valence-corrected chi connectivity index (χ4v) is 2.34. The Kier molecular flexibility index (Phi) is 6.32. The van der Waals surface area contributed by atoms with E-state index in [4.69, 9.17) is 0 Å². The van der Waals surface area contributed by atoms with E-state index >= 15 is 0 Å². The lowest BCUT2D eigenvalue weighted by Crippen LogP contribution is -2.31. The van der Waals surface area contributed by atoms with E-state index in [1.807, 2.05) is 18.2 Å². The van der Waals surface area contributed by atoms with Crippen molar-refractivity contribution in [3.63, 3.8) is 0 Å². The molecule has 0 fully saturated rings. The topological polar surface area (TPSA) is 49.4 Å². The first kappa shape index (κ1) is 15.1. The minimum Gasteiger partial charge on any atom is -0.316 e. The zero-order valence-electron chi connectivity index (χ0n) is 11.1. The van der Waals surface area contributed by atoms with Gasteiger partial charge in [-0.2, -0.15) is 0 Å². The van der Waals surface area contributed by atoms with E-state index < -0.39 is 10.0 Å². The standard InChI is InChI=1S/C13H22N2O2S/c1-15(2)18(16,17)12-11-14-10-6-9-13-7-4-3-5-8-13/h3-5,7-8,14H,6,9-12H2,1-2H3. The van der Waals surface area contributed by atoms with Crippen molar-refractivity contribution in [2.75, 3.05) is 32.9 Å². The summed E-state index contributed by atoms with van der Waals surface area (Å²) in [6.07, 6.45) is 2.04. The van der Waals surface area contributed by atoms with Gasteiger partial charge in [0.2, 0.25) is 10.0 Å². The first-order valence-corrected chi connectivity index (χ1v) is 7.78. The molecule has 18 heavy (non-hydrogen) atoms. The number of nitrogens with zero attached hydrogens (tertiary/aromatic N) is 1. The molecule has 0 radical (unpaired) electrons. The Morgan fingerprint density at radius 1 is 1.11 bits per heavy atom. The molecule has 0 spiro atoms. The maximum atomic E-state index is 11.5. The van der Waals surface area contributed by atoms with Crippen LogP contribution in [-0.2, 0) is 16.4 Å². The van der Waals surface area contributed by atoms with Crippen molar-refractivity contribution in [1.29, 1.82) is 0 Å². The van der Waals surface area contributed by atoms with Gasteiger partial charge in [-0.1, -0.05) is 30.3 Å². The minimum atomic E-state index is -3.07. The Morgan fingerprint density at radius 2 is 1.78 bits per heavy atom. The number of sulfonamides is 1. The average Bonchev–Trinajstić information content (AvgIpc) is 2.34. The molecule has 0 aliphatic carbocycles. The Labute approximate surface area is 110 Å². The van der Waals surface area contributed by atoms with Crippen molar-refractivity contribution >= 4 is 10.0 Å². The second-order valence-electron chi connectivity index (χ2n) is 4.44. The zero-order chi connectivity index (χ0) is 13.4. The highest BCUT2D eigenvalue weighted by Crippen LogP contribution is 2.01. The maximum absolute atomic E-state index is 11.5. The fourth-order valence-electron chi connectivity index (χ4n) is 1.57. The summed E-state index contributed by atoms with van der Waals surface area (Å²) < 4.78 is 24.2. The molecule has 0 heterocycles. The molecule has 0 aliphatic rings. The summed E-state index contributed by atoms with van der Waals surface area (Å²) in [6.45, 7) is 1.35. The van der Waals surface area contributed by atoms with E-state index in [0.29, 0.717) is 6.54 Å². The molecule has 0 aromatic heterocycles. The van der Waals surface area contributed by atoms with E-state index in [0.717, 1.165) is 19.4 Å². The SMILES string of the molecule is CN(C)S(=O)(=O)CCNCCCc1ccccc1. The Morgan fingerprint density at radius 3 is 2.39 bits per heavy atom. The molecular formula is C13H22N2O2S. The lowest BCUT2D eigenvalue weighted by atomic mass is 10.1. The lowest BCUT2D eigenvalue weighted by molar-refractivity contribution is 0.517. The Bertz CT molecular complexity index is 430. The Balaban J connectivity index is 2.10. The molecule has 0 saturated heterocycles. The van der Waals surface area contributed by atoms with Crippen LogP contribution in [0.4, 0.5) is 0 Å². The van der Waals surface area contributed by atoms with Crippen LogP contribution in [0.2, 0.25) is 0 Å². The van der Waals surface area contributed by atoms with Crippen LogP contribution in [-0.4, -0.2) is 45.7 Å². The lowest BCUT2D eigenvalue weighted by Gasteiger charge is -2.11. The van der Waals surface area contributed by atoms with Crippen LogP contribution < -0.4 is 5.32 Å². The van der Waals surface area contributed by atoms with Gasteiger partial charge in [0.1, 0.15) is 0 Å². The first-order valence-electron chi connectivity index (χ1n) is 6.17. The Hall–Kier alpha value is -0.910. The maximum Gasteiger partial charge on any atom is 0.214 e. The fraction of sp³-hybridized carbons (Fsp3) is 0.538. The summed E-state index contributed by atoms with van der Waals surface area (Å²) >= 11 is 0. The van der Waals surface area contributed by atoms with Crippen LogP contribution in [0.25, 0.3) is 0 Å². The van der Waals surface area contributed by atoms with Crippen LogP contribution >= 0.6 is 0 Å². The normalized spacial score (nSPS) is 11.9. The summed E-state index contributed by atoms with van der Waals surface area (Å²) in [5.41, 5.74) is 1.32. The molecule has 1 aromatic carbocycles. The molecular weight excluding hydrogens is 248 g/mol. The van der Waals surface area contributed by atoms with Gasteiger partial charge < -0.3 is 5.32 Å². The van der Waals surface area contributed by atoms with Gasteiger partial charge in [-0.05, 0) is 24.9 Å². The summed E-state index contributed by atoms with van der Waals surface area (Å²) in [6, 6.07) is 10.3. The van der Waals surface area contributed by atoms with Crippen molar-refractivity contribution in [3.05, 3.63) is 35.9 Å². The average molecular weight is 270 g/mol. The number of rotatable bonds is 8. The quantitative estimate of drug-likeness (QED) is 0.720. The monoisotopic (exact) mass is 270 g/mol. The van der Waals surface area contributed by atoms with Crippen LogP contribution in [0, 0.1) is 0 Å². The van der Waals surface area contributed by atoms with Crippen molar-refractivity contribution < 1.29 is 8.42 Å². The summed E-state index contributed by atoms with van der Waals surface area (Å²) in [5, 5.41) is 3.16. The second-order valence-corrected chi connectivity index (χ2v) is 6.74. The number of benzene rings is 1. The molecule has 0 amide bonds. The van der Waals surface area contributed by atoms with Gasteiger partial charge in [-0.3, -0.25) is 0 Å². The van der Waals surface area contributed by atoms with E-state index in [-0.39, 0.29) is 5.75 Å². The second kappa shape index (κ2) is 7.51. The highest BCUT2D eigenvalue weighted by molar-refractivity contribution is 7.89. The van der Waals surface area contributed by atoms with Gasteiger partial charge >= 0.3 is 0 Å². The van der Waals surface area contributed by atoms with Gasteiger partial charge in [0.05, 0.1) is 5.75 Å². The summed E-state index contributed by atoms with van der Waals surface area (Å²) in [4.78, 5) is 0. The molecule has 0 aliphatic heterocycles. The van der Waals surface area contributed by atoms with Gasteiger partial charge in [0.15, 0.2) is 0 Å². The van der Waals surface area contributed by atoms with Gasteiger partial charge in [0.25, 0.3) is 0 Å². The summed E-state index contributed by atoms with van der Waals surface area (Å²) in [5.74, 6) is 0.158. The third kappa shape index (κ3) is 5.62. The van der Waals surface area contributed by atoms with E-state index in [2.05, 4.69) is 17.4 Å². The van der Waals surface area contributed by atoms with Crippen LogP contribution in [0.5, 0.6) is 0 Å². The molecule has 0 bridgehead atoms. The molecule has 1 N–H and O–H groups in total. The molecule has 1 rings (SSSR count). The van der Waals surface area contributed by atoms with Gasteiger partial charge in [-0.15, -0.1) is 0 Å². The summed E-state index contributed by atoms with van der Waals surface area (Å²) in [7, 11) is 0.0538. The predicted molar refractivity (Wildman–Crippen MR) is 75.1 cm³/mol. The van der Waals surface area contributed by atoms with Crippen molar-refractivity contribution in [3.8, 4) is 0 Å². The molecule has 4 nitrogen and oxygen atoms in total. The molecule has 102 valence electrons. The van der Waals surface area contributed by atoms with Gasteiger partial charge in [0, 0.05) is 20.6 Å². The van der Waals surface area contributed by atoms with Crippen LogP contribution in [0.15, 0.2) is 30.3 Å². The minimum absolute atomic E-state index is 0.158. The van der Waals surface area contributed by atoms with Crippen molar-refractivity contribution in [2.45, 2.75) is 12.8 Å².